The molecule has 0 heterocycles. The number of hydrogen-bond donors (Lipinski definition) is 7. The predicted octanol–water partition coefficient (Wildman–Crippen LogP) is 3.93. The molecule has 0 fully saturated rings. The number of carbonyl (C=O) groups is 5. The largest absolute Gasteiger partial charge is 0.481 e. The fourth-order valence-electron chi connectivity index (χ4n) is 5.43. The van der Waals surface area contributed by atoms with Crippen molar-refractivity contribution in [2.24, 2.45) is 5.16 Å². The SMILES string of the molecule is CSCC(CSC)=NOCC(=O)NCCNC(=O)COCCOCCNC(O)CC[C@H](NC(=O)CCCCCCCCCCCCCCCCC(=O)O)C(=O)O. The molecule has 1 unspecified atom stereocenters. The van der Waals surface area contributed by atoms with Crippen LogP contribution in [-0.4, -0.2) is 140 Å². The molecule has 0 radical (unpaired) electrons. The standard InChI is InChI=1S/C38H71N5O11S2/c1-55-29-31(30-56-2)43-54-28-36(47)40-22-21-39-35(46)27-53-26-25-52-24-23-41-33(44)20-19-32(38(50)51)42-34(45)17-15-13-11-9-7-5-3-4-6-8-10-12-14-16-18-37(48)49/h32-33,41,44H,3-30H2,1-2H3,(H,39,46)(H,40,47)(H,42,45)(H,48,49)(H,50,51)/t32-,33?/m0/s1. The molecule has 0 aliphatic heterocycles. The van der Waals surface area contributed by atoms with Crippen LogP contribution in [0.1, 0.15) is 116 Å². The molecule has 326 valence electrons. The third kappa shape index (κ3) is 37.0. The summed E-state index contributed by atoms with van der Waals surface area (Å²) in [7, 11) is 0. The number of ether oxygens (including phenoxy) is 2. The van der Waals surface area contributed by atoms with E-state index in [2.05, 4.69) is 26.4 Å². The maximum Gasteiger partial charge on any atom is 0.326 e. The summed E-state index contributed by atoms with van der Waals surface area (Å²) in [5.41, 5.74) is 0.868. The van der Waals surface area contributed by atoms with Crippen LogP contribution in [0.4, 0.5) is 0 Å². The zero-order valence-corrected chi connectivity index (χ0v) is 35.5. The molecule has 0 spiro atoms. The Bertz CT molecular complexity index is 1070. The summed E-state index contributed by atoms with van der Waals surface area (Å²) in [5, 5.41) is 43.1. The zero-order valence-electron chi connectivity index (χ0n) is 33.8. The Morgan fingerprint density at radius 3 is 1.62 bits per heavy atom. The van der Waals surface area contributed by atoms with Crippen LogP contribution < -0.4 is 21.3 Å². The van der Waals surface area contributed by atoms with E-state index < -0.39 is 24.2 Å². The van der Waals surface area contributed by atoms with Gasteiger partial charge in [0.15, 0.2) is 6.61 Å². The highest BCUT2D eigenvalue weighted by atomic mass is 32.2. The van der Waals surface area contributed by atoms with E-state index in [1.54, 1.807) is 23.5 Å². The van der Waals surface area contributed by atoms with Crippen molar-refractivity contribution in [2.45, 2.75) is 128 Å². The molecular weight excluding hydrogens is 767 g/mol. The molecule has 7 N–H and O–H groups in total. The minimum atomic E-state index is -1.14. The van der Waals surface area contributed by atoms with Gasteiger partial charge in [-0.1, -0.05) is 82.2 Å². The van der Waals surface area contributed by atoms with Crippen LogP contribution in [0.15, 0.2) is 5.16 Å². The van der Waals surface area contributed by atoms with Gasteiger partial charge < -0.3 is 45.6 Å². The van der Waals surface area contributed by atoms with E-state index in [9.17, 15) is 34.2 Å². The number of rotatable bonds is 41. The summed E-state index contributed by atoms with van der Waals surface area (Å²) in [6, 6.07) is -1.08. The van der Waals surface area contributed by atoms with Gasteiger partial charge >= 0.3 is 11.9 Å². The molecule has 0 aromatic rings. The monoisotopic (exact) mass is 837 g/mol. The van der Waals surface area contributed by atoms with Crippen molar-refractivity contribution in [1.29, 1.82) is 0 Å². The van der Waals surface area contributed by atoms with E-state index in [1.165, 1.54) is 44.9 Å². The lowest BCUT2D eigenvalue weighted by atomic mass is 10.0. The van der Waals surface area contributed by atoms with Gasteiger partial charge in [-0.15, -0.1) is 0 Å². The molecule has 0 aliphatic carbocycles. The molecule has 18 heteroatoms. The van der Waals surface area contributed by atoms with Crippen molar-refractivity contribution >= 4 is 58.9 Å². The summed E-state index contributed by atoms with van der Waals surface area (Å²) in [4.78, 5) is 63.3. The van der Waals surface area contributed by atoms with Crippen LogP contribution in [0, 0.1) is 0 Å². The lowest BCUT2D eigenvalue weighted by Gasteiger charge is -2.18. The molecule has 0 saturated carbocycles. The fourth-order valence-corrected chi connectivity index (χ4v) is 6.54. The van der Waals surface area contributed by atoms with E-state index in [1.807, 2.05) is 12.5 Å². The molecular formula is C38H71N5O11S2. The third-order valence-electron chi connectivity index (χ3n) is 8.42. The average molecular weight is 838 g/mol. The second-order valence-electron chi connectivity index (χ2n) is 13.5. The summed E-state index contributed by atoms with van der Waals surface area (Å²) in [6.07, 6.45) is 18.9. The highest BCUT2D eigenvalue weighted by molar-refractivity contribution is 8.00. The Labute approximate surface area is 342 Å². The van der Waals surface area contributed by atoms with Gasteiger partial charge in [0, 0.05) is 44.0 Å². The third-order valence-corrected chi connectivity index (χ3v) is 9.66. The molecule has 2 atom stereocenters. The number of aliphatic carboxylic acids is 2. The van der Waals surface area contributed by atoms with Gasteiger partial charge in [0.25, 0.3) is 5.91 Å². The number of nitrogens with zero attached hydrogens (tertiary/aromatic N) is 1. The van der Waals surface area contributed by atoms with Crippen molar-refractivity contribution in [1.82, 2.24) is 21.3 Å². The first kappa shape index (κ1) is 53.4. The van der Waals surface area contributed by atoms with E-state index in [0.29, 0.717) is 13.0 Å². The Morgan fingerprint density at radius 1 is 0.607 bits per heavy atom. The highest BCUT2D eigenvalue weighted by Crippen LogP contribution is 2.14. The number of carboxylic acids is 2. The summed E-state index contributed by atoms with van der Waals surface area (Å²) < 4.78 is 10.7. The molecule has 0 aromatic carbocycles. The number of aliphatic hydroxyl groups is 1. The first-order valence-corrected chi connectivity index (χ1v) is 22.9. The zero-order chi connectivity index (χ0) is 41.5. The van der Waals surface area contributed by atoms with Gasteiger partial charge in [-0.3, -0.25) is 24.5 Å². The second kappa shape index (κ2) is 39.2. The molecule has 0 aromatic heterocycles. The minimum absolute atomic E-state index is 0.0758. The summed E-state index contributed by atoms with van der Waals surface area (Å²) in [5.74, 6) is -1.34. The number of amides is 3. The van der Waals surface area contributed by atoms with Gasteiger partial charge in [-0.05, 0) is 38.2 Å². The fraction of sp³-hybridized carbons (Fsp3) is 0.842. The number of hydrogen-bond acceptors (Lipinski definition) is 13. The minimum Gasteiger partial charge on any atom is -0.481 e. The predicted molar refractivity (Wildman–Crippen MR) is 222 cm³/mol. The number of oxime groups is 1. The number of carbonyl (C=O) groups excluding carboxylic acids is 3. The van der Waals surface area contributed by atoms with Crippen LogP contribution in [0.5, 0.6) is 0 Å². The normalized spacial score (nSPS) is 12.1. The van der Waals surface area contributed by atoms with Gasteiger partial charge in [0.05, 0.1) is 25.5 Å². The molecule has 0 rings (SSSR count). The second-order valence-corrected chi connectivity index (χ2v) is 15.2. The molecule has 16 nitrogen and oxygen atoms in total. The quantitative estimate of drug-likeness (QED) is 0.0200. The topological polar surface area (TPSA) is 234 Å². The van der Waals surface area contributed by atoms with Gasteiger partial charge in [-0.25, -0.2) is 4.79 Å². The number of unbranched alkanes of at least 4 members (excludes halogenated alkanes) is 13. The van der Waals surface area contributed by atoms with Crippen molar-refractivity contribution < 1.29 is 53.6 Å². The molecule has 0 bridgehead atoms. The molecule has 0 saturated heterocycles. The van der Waals surface area contributed by atoms with Crippen molar-refractivity contribution in [2.75, 3.05) is 76.7 Å². The van der Waals surface area contributed by atoms with Crippen LogP contribution in [0.2, 0.25) is 0 Å². The average Bonchev–Trinajstić information content (AvgIpc) is 3.15. The lowest BCUT2D eigenvalue weighted by molar-refractivity contribution is -0.142. The number of thioether (sulfide) groups is 2. The van der Waals surface area contributed by atoms with E-state index in [0.717, 1.165) is 55.7 Å². The smallest absolute Gasteiger partial charge is 0.326 e. The van der Waals surface area contributed by atoms with Crippen molar-refractivity contribution in [3.8, 4) is 0 Å². The van der Waals surface area contributed by atoms with E-state index in [4.69, 9.17) is 19.4 Å². The molecule has 3 amide bonds. The Morgan fingerprint density at radius 2 is 1.11 bits per heavy atom. The van der Waals surface area contributed by atoms with E-state index in [-0.39, 0.29) is 89.5 Å². The number of nitrogens with one attached hydrogen (secondary N) is 4. The first-order chi connectivity index (χ1) is 27.1. The Kier molecular flexibility index (Phi) is 37.3. The van der Waals surface area contributed by atoms with Crippen LogP contribution in [0.25, 0.3) is 0 Å². The van der Waals surface area contributed by atoms with Gasteiger partial charge in [0.1, 0.15) is 18.9 Å². The Hall–Kier alpha value is -2.64. The van der Waals surface area contributed by atoms with Crippen LogP contribution in [-0.2, 0) is 38.3 Å². The maximum atomic E-state index is 12.3. The maximum absolute atomic E-state index is 12.3. The van der Waals surface area contributed by atoms with Crippen LogP contribution >= 0.6 is 23.5 Å². The summed E-state index contributed by atoms with van der Waals surface area (Å²) >= 11 is 3.26. The number of carboxylic acid groups (broad SMARTS) is 2. The van der Waals surface area contributed by atoms with Crippen LogP contribution in [0.3, 0.4) is 0 Å². The highest BCUT2D eigenvalue weighted by Gasteiger charge is 2.21. The Balaban J connectivity index is 3.75. The first-order valence-electron chi connectivity index (χ1n) is 20.1. The van der Waals surface area contributed by atoms with Crippen molar-refractivity contribution in [3.63, 3.8) is 0 Å². The summed E-state index contributed by atoms with van der Waals surface area (Å²) in [6.45, 7) is 1.09. The number of aliphatic hydroxyl groups excluding tert-OH is 1. The van der Waals surface area contributed by atoms with Gasteiger partial charge in [0.2, 0.25) is 11.8 Å². The lowest BCUT2D eigenvalue weighted by Crippen LogP contribution is -2.42. The molecule has 0 aliphatic rings. The molecule has 56 heavy (non-hydrogen) atoms. The van der Waals surface area contributed by atoms with E-state index >= 15 is 0 Å². The van der Waals surface area contributed by atoms with Crippen molar-refractivity contribution in [3.05, 3.63) is 0 Å². The van der Waals surface area contributed by atoms with Gasteiger partial charge in [-0.2, -0.15) is 23.5 Å².